The smallest absolute Gasteiger partial charge is 0.337 e. The number of fused-ring (bicyclic) bond motifs is 1. The molecule has 11 heteroatoms. The Kier molecular flexibility index (Phi) is 3.44. The van der Waals surface area contributed by atoms with Crippen molar-refractivity contribution < 1.29 is 13.2 Å². The topological polar surface area (TPSA) is 72.6 Å². The SMILES string of the molecule is FC(F)(F)c1nnc(N2CCn3c(nnc3-c3ccccn3)C2)s1. The first-order valence-electron chi connectivity index (χ1n) is 7.01. The number of aromatic nitrogens is 6. The van der Waals surface area contributed by atoms with Crippen LogP contribution < -0.4 is 4.90 Å². The van der Waals surface area contributed by atoms with E-state index in [-0.39, 0.29) is 5.13 Å². The summed E-state index contributed by atoms with van der Waals surface area (Å²) in [4.78, 5) is 5.98. The second kappa shape index (κ2) is 5.51. The minimum Gasteiger partial charge on any atom is -0.337 e. The van der Waals surface area contributed by atoms with Gasteiger partial charge in [-0.1, -0.05) is 17.4 Å². The Hall–Kier alpha value is -2.56. The highest BCUT2D eigenvalue weighted by molar-refractivity contribution is 7.15. The van der Waals surface area contributed by atoms with Crippen molar-refractivity contribution in [2.45, 2.75) is 19.3 Å². The zero-order valence-corrected chi connectivity index (χ0v) is 12.9. The number of hydrogen-bond acceptors (Lipinski definition) is 7. The minimum atomic E-state index is -4.47. The molecule has 0 radical (unpaired) electrons. The second-order valence-corrected chi connectivity index (χ2v) is 6.07. The van der Waals surface area contributed by atoms with Gasteiger partial charge >= 0.3 is 6.18 Å². The minimum absolute atomic E-state index is 0.232. The largest absolute Gasteiger partial charge is 0.445 e. The third-order valence-electron chi connectivity index (χ3n) is 3.57. The predicted molar refractivity (Wildman–Crippen MR) is 79.2 cm³/mol. The van der Waals surface area contributed by atoms with E-state index in [1.165, 1.54) is 0 Å². The van der Waals surface area contributed by atoms with Crippen molar-refractivity contribution in [2.24, 2.45) is 0 Å². The zero-order chi connectivity index (χ0) is 16.7. The van der Waals surface area contributed by atoms with Gasteiger partial charge in [0.25, 0.3) is 0 Å². The maximum Gasteiger partial charge on any atom is 0.445 e. The van der Waals surface area contributed by atoms with Crippen LogP contribution in [-0.4, -0.2) is 36.5 Å². The summed E-state index contributed by atoms with van der Waals surface area (Å²) < 4.78 is 39.9. The number of halogens is 3. The van der Waals surface area contributed by atoms with Crippen molar-refractivity contribution in [2.75, 3.05) is 11.4 Å². The lowest BCUT2D eigenvalue weighted by molar-refractivity contribution is -0.138. The zero-order valence-electron chi connectivity index (χ0n) is 12.1. The maximum atomic E-state index is 12.7. The molecule has 0 fully saturated rings. The Morgan fingerprint density at radius 3 is 2.62 bits per heavy atom. The van der Waals surface area contributed by atoms with Crippen LogP contribution in [0.25, 0.3) is 11.5 Å². The Balaban J connectivity index is 1.59. The molecule has 0 atom stereocenters. The molecule has 0 saturated carbocycles. The molecular weight excluding hydrogens is 343 g/mol. The Bertz CT molecular complexity index is 858. The van der Waals surface area contributed by atoms with Gasteiger partial charge in [-0.25, -0.2) is 0 Å². The molecular formula is C13H10F3N7S. The number of pyridine rings is 1. The van der Waals surface area contributed by atoms with E-state index in [4.69, 9.17) is 0 Å². The third-order valence-corrected chi connectivity index (χ3v) is 4.60. The van der Waals surface area contributed by atoms with Gasteiger partial charge in [-0.3, -0.25) is 4.98 Å². The average molecular weight is 353 g/mol. The van der Waals surface area contributed by atoms with E-state index < -0.39 is 11.2 Å². The average Bonchev–Trinajstić information content (AvgIpc) is 3.22. The second-order valence-electron chi connectivity index (χ2n) is 5.12. The molecule has 0 unspecified atom stereocenters. The van der Waals surface area contributed by atoms with Gasteiger partial charge < -0.3 is 9.47 Å². The van der Waals surface area contributed by atoms with Crippen molar-refractivity contribution in [3.63, 3.8) is 0 Å². The van der Waals surface area contributed by atoms with E-state index in [9.17, 15) is 13.2 Å². The summed E-state index contributed by atoms with van der Waals surface area (Å²) in [6, 6.07) is 5.51. The highest BCUT2D eigenvalue weighted by Crippen LogP contribution is 2.35. The molecule has 0 aliphatic carbocycles. The number of hydrogen-bond donors (Lipinski definition) is 0. The summed E-state index contributed by atoms with van der Waals surface area (Å²) in [6.07, 6.45) is -2.80. The van der Waals surface area contributed by atoms with Crippen molar-refractivity contribution in [3.05, 3.63) is 35.2 Å². The van der Waals surface area contributed by atoms with Crippen LogP contribution in [0.4, 0.5) is 18.3 Å². The van der Waals surface area contributed by atoms with Gasteiger partial charge in [0.05, 0.1) is 6.54 Å². The van der Waals surface area contributed by atoms with Crippen LogP contribution in [0.1, 0.15) is 10.8 Å². The first kappa shape index (κ1) is 15.0. The van der Waals surface area contributed by atoms with Crippen molar-refractivity contribution in [1.82, 2.24) is 29.9 Å². The molecule has 3 aromatic heterocycles. The van der Waals surface area contributed by atoms with Crippen LogP contribution in [-0.2, 0) is 19.3 Å². The van der Waals surface area contributed by atoms with Gasteiger partial charge in [-0.05, 0) is 12.1 Å². The lowest BCUT2D eigenvalue weighted by Gasteiger charge is -2.26. The lowest BCUT2D eigenvalue weighted by atomic mass is 10.3. The standard InChI is InChI=1S/C13H10F3N7S/c14-13(15,16)11-20-21-12(24-11)22-5-6-23-9(7-22)18-19-10(23)8-3-1-2-4-17-8/h1-4H,5-7H2. The summed E-state index contributed by atoms with van der Waals surface area (Å²) >= 11 is 0.533. The van der Waals surface area contributed by atoms with Gasteiger partial charge in [0, 0.05) is 19.3 Å². The van der Waals surface area contributed by atoms with Gasteiger partial charge in [-0.15, -0.1) is 20.4 Å². The van der Waals surface area contributed by atoms with Gasteiger partial charge in [0.1, 0.15) is 5.69 Å². The molecule has 124 valence electrons. The molecule has 0 bridgehead atoms. The Labute approximate surface area is 137 Å². The molecule has 1 aliphatic rings. The van der Waals surface area contributed by atoms with Crippen LogP contribution in [0.5, 0.6) is 0 Å². The molecule has 0 N–H and O–H groups in total. The van der Waals surface area contributed by atoms with Crippen molar-refractivity contribution in [1.29, 1.82) is 0 Å². The normalized spacial score (nSPS) is 14.7. The number of nitrogens with zero attached hydrogens (tertiary/aromatic N) is 7. The molecule has 0 aromatic carbocycles. The fraction of sp³-hybridized carbons (Fsp3) is 0.308. The van der Waals surface area contributed by atoms with Crippen molar-refractivity contribution >= 4 is 16.5 Å². The highest BCUT2D eigenvalue weighted by Gasteiger charge is 2.36. The molecule has 7 nitrogen and oxygen atoms in total. The maximum absolute atomic E-state index is 12.7. The Morgan fingerprint density at radius 1 is 1.04 bits per heavy atom. The molecule has 3 aromatic rings. The van der Waals surface area contributed by atoms with Gasteiger partial charge in [0.15, 0.2) is 11.6 Å². The lowest BCUT2D eigenvalue weighted by Crippen LogP contribution is -2.34. The fourth-order valence-corrected chi connectivity index (χ4v) is 3.20. The predicted octanol–water partition coefficient (Wildman–Crippen LogP) is 2.23. The Morgan fingerprint density at radius 2 is 1.92 bits per heavy atom. The van der Waals surface area contributed by atoms with Crippen LogP contribution in [0.2, 0.25) is 0 Å². The summed E-state index contributed by atoms with van der Waals surface area (Å²) in [7, 11) is 0. The van der Waals surface area contributed by atoms with Crippen LogP contribution in [0, 0.1) is 0 Å². The summed E-state index contributed by atoms with van der Waals surface area (Å²) in [5.41, 5.74) is 0.708. The molecule has 4 heterocycles. The fourth-order valence-electron chi connectivity index (χ4n) is 2.46. The third kappa shape index (κ3) is 2.60. The van der Waals surface area contributed by atoms with E-state index in [1.54, 1.807) is 11.1 Å². The van der Waals surface area contributed by atoms with Crippen molar-refractivity contribution in [3.8, 4) is 11.5 Å². The monoisotopic (exact) mass is 353 g/mol. The van der Waals surface area contributed by atoms with Crippen LogP contribution in [0.3, 0.4) is 0 Å². The number of alkyl halides is 3. The van der Waals surface area contributed by atoms with E-state index in [1.807, 2.05) is 22.8 Å². The quantitative estimate of drug-likeness (QED) is 0.703. The number of anilines is 1. The van der Waals surface area contributed by atoms with E-state index >= 15 is 0 Å². The van der Waals surface area contributed by atoms with E-state index in [0.29, 0.717) is 48.3 Å². The summed E-state index contributed by atoms with van der Waals surface area (Å²) in [5, 5.41) is 14.4. The molecule has 0 saturated heterocycles. The molecule has 0 spiro atoms. The molecule has 1 aliphatic heterocycles. The number of rotatable bonds is 2. The first-order valence-corrected chi connectivity index (χ1v) is 7.83. The van der Waals surface area contributed by atoms with Crippen LogP contribution >= 0.6 is 11.3 Å². The first-order chi connectivity index (χ1) is 11.5. The molecule has 4 rings (SSSR count). The highest BCUT2D eigenvalue weighted by atomic mass is 32.1. The molecule has 24 heavy (non-hydrogen) atoms. The van der Waals surface area contributed by atoms with Gasteiger partial charge in [0.2, 0.25) is 10.1 Å². The van der Waals surface area contributed by atoms with E-state index in [0.717, 1.165) is 0 Å². The van der Waals surface area contributed by atoms with Gasteiger partial charge in [-0.2, -0.15) is 13.2 Å². The summed E-state index contributed by atoms with van der Waals surface area (Å²) in [5.74, 6) is 1.31. The molecule has 0 amide bonds. The van der Waals surface area contributed by atoms with Crippen LogP contribution in [0.15, 0.2) is 24.4 Å². The summed E-state index contributed by atoms with van der Waals surface area (Å²) in [6.45, 7) is 1.36. The van der Waals surface area contributed by atoms with E-state index in [2.05, 4.69) is 25.4 Å².